The van der Waals surface area contributed by atoms with Gasteiger partial charge in [-0.3, -0.25) is 0 Å². The van der Waals surface area contributed by atoms with Crippen LogP contribution < -0.4 is 0 Å². The van der Waals surface area contributed by atoms with E-state index in [2.05, 4.69) is 146 Å². The molecule has 2 aromatic heterocycles. The highest BCUT2D eigenvalue weighted by atomic mass is 32.1. The maximum atomic E-state index is 5.04. The molecule has 0 bridgehead atoms. The average Bonchev–Trinajstić information content (AvgIpc) is 3.57. The molecule has 9 rings (SSSR count). The number of aryl methyl sites for hydroxylation is 1. The van der Waals surface area contributed by atoms with Gasteiger partial charge in [0.2, 0.25) is 0 Å². The summed E-state index contributed by atoms with van der Waals surface area (Å²) in [6.45, 7) is 2.09. The highest BCUT2D eigenvalue weighted by Gasteiger charge is 2.18. The second-order valence-corrected chi connectivity index (χ2v) is 13.6. The molecule has 0 unspecified atom stereocenters. The number of fused-ring (bicyclic) bond motifs is 3. The summed E-state index contributed by atoms with van der Waals surface area (Å²) in [6, 6.07) is 59.9. The summed E-state index contributed by atoms with van der Waals surface area (Å²) in [6.07, 6.45) is 0. The first kappa shape index (κ1) is 29.9. The standard InChI is InChI=1S/C46H31N3S/c1-30-14-11-22-35(26-30)45-47-44(33-19-9-4-10-20-33)48-46(49-45)36-23-12-21-34(27-36)38-24-13-25-39-41-29-37(31-15-5-2-6-16-31)28-40(43(41)50-42(38)39)32-17-7-3-8-18-32/h2-29H,1H3. The van der Waals surface area contributed by atoms with Crippen LogP contribution in [-0.2, 0) is 0 Å². The molecule has 0 aliphatic heterocycles. The Kier molecular flexibility index (Phi) is 7.57. The Labute approximate surface area is 295 Å². The van der Waals surface area contributed by atoms with Gasteiger partial charge in [-0.05, 0) is 59.0 Å². The third-order valence-electron chi connectivity index (χ3n) is 9.17. The number of nitrogens with zero attached hydrogens (tertiary/aromatic N) is 3. The van der Waals surface area contributed by atoms with Gasteiger partial charge >= 0.3 is 0 Å². The Balaban J connectivity index is 1.22. The first-order valence-electron chi connectivity index (χ1n) is 16.8. The number of benzene rings is 7. The lowest BCUT2D eigenvalue weighted by Crippen LogP contribution is -2.00. The molecule has 0 N–H and O–H groups in total. The molecule has 0 saturated carbocycles. The van der Waals surface area contributed by atoms with Gasteiger partial charge in [-0.1, -0.05) is 151 Å². The summed E-state index contributed by atoms with van der Waals surface area (Å²) in [4.78, 5) is 15.0. The molecule has 0 spiro atoms. The summed E-state index contributed by atoms with van der Waals surface area (Å²) in [5.74, 6) is 1.98. The fourth-order valence-corrected chi connectivity index (χ4v) is 8.07. The summed E-state index contributed by atoms with van der Waals surface area (Å²) in [5.41, 5.74) is 11.3. The van der Waals surface area contributed by atoms with Gasteiger partial charge < -0.3 is 0 Å². The third-order valence-corrected chi connectivity index (χ3v) is 10.5. The number of hydrogen-bond donors (Lipinski definition) is 0. The van der Waals surface area contributed by atoms with Gasteiger partial charge in [-0.15, -0.1) is 11.3 Å². The number of thiophene rings is 1. The highest BCUT2D eigenvalue weighted by Crippen LogP contribution is 2.46. The summed E-state index contributed by atoms with van der Waals surface area (Å²) >= 11 is 1.87. The van der Waals surface area contributed by atoms with Crippen molar-refractivity contribution in [1.82, 2.24) is 15.0 Å². The molecule has 236 valence electrons. The predicted octanol–water partition coefficient (Wildman–Crippen LogP) is 12.5. The Morgan fingerprint density at radius 1 is 0.340 bits per heavy atom. The van der Waals surface area contributed by atoms with Crippen LogP contribution in [0.25, 0.3) is 87.7 Å². The molecule has 7 aromatic carbocycles. The lowest BCUT2D eigenvalue weighted by atomic mass is 9.95. The van der Waals surface area contributed by atoms with Crippen LogP contribution in [0, 0.1) is 6.92 Å². The van der Waals surface area contributed by atoms with Crippen LogP contribution in [0.3, 0.4) is 0 Å². The van der Waals surface area contributed by atoms with Crippen LogP contribution in [0.1, 0.15) is 5.56 Å². The lowest BCUT2D eigenvalue weighted by molar-refractivity contribution is 1.07. The summed E-state index contributed by atoms with van der Waals surface area (Å²) in [5, 5.41) is 2.53. The third kappa shape index (κ3) is 5.56. The second-order valence-electron chi connectivity index (χ2n) is 12.5. The van der Waals surface area contributed by atoms with E-state index < -0.39 is 0 Å². The average molecular weight is 658 g/mol. The van der Waals surface area contributed by atoms with Crippen LogP contribution in [0.2, 0.25) is 0 Å². The zero-order chi connectivity index (χ0) is 33.4. The van der Waals surface area contributed by atoms with E-state index in [1.54, 1.807) is 0 Å². The van der Waals surface area contributed by atoms with Gasteiger partial charge in [-0.25, -0.2) is 15.0 Å². The van der Waals surface area contributed by atoms with Crippen molar-refractivity contribution in [3.05, 3.63) is 175 Å². The van der Waals surface area contributed by atoms with Gasteiger partial charge in [-0.2, -0.15) is 0 Å². The van der Waals surface area contributed by atoms with Crippen LogP contribution in [0.15, 0.2) is 170 Å². The highest BCUT2D eigenvalue weighted by molar-refractivity contribution is 7.26. The minimum absolute atomic E-state index is 0.652. The molecule has 0 fully saturated rings. The number of aromatic nitrogens is 3. The molecular formula is C46H31N3S. The van der Waals surface area contributed by atoms with Crippen molar-refractivity contribution in [2.75, 3.05) is 0 Å². The van der Waals surface area contributed by atoms with Crippen molar-refractivity contribution in [2.24, 2.45) is 0 Å². The largest absolute Gasteiger partial charge is 0.208 e. The van der Waals surface area contributed by atoms with Gasteiger partial charge in [0.15, 0.2) is 17.5 Å². The normalized spacial score (nSPS) is 11.3. The van der Waals surface area contributed by atoms with Crippen molar-refractivity contribution in [1.29, 1.82) is 0 Å². The van der Waals surface area contributed by atoms with Crippen molar-refractivity contribution in [2.45, 2.75) is 6.92 Å². The van der Waals surface area contributed by atoms with Crippen molar-refractivity contribution < 1.29 is 0 Å². The van der Waals surface area contributed by atoms with E-state index in [-0.39, 0.29) is 0 Å². The Morgan fingerprint density at radius 2 is 0.860 bits per heavy atom. The van der Waals surface area contributed by atoms with E-state index in [1.165, 1.54) is 48.0 Å². The van der Waals surface area contributed by atoms with E-state index in [1.807, 2.05) is 41.7 Å². The lowest BCUT2D eigenvalue weighted by Gasteiger charge is -2.10. The molecule has 4 heteroatoms. The fraction of sp³-hybridized carbons (Fsp3) is 0.0217. The molecule has 0 amide bonds. The van der Waals surface area contributed by atoms with Crippen LogP contribution in [-0.4, -0.2) is 15.0 Å². The topological polar surface area (TPSA) is 38.7 Å². The minimum Gasteiger partial charge on any atom is -0.208 e. The van der Waals surface area contributed by atoms with Crippen molar-refractivity contribution in [3.63, 3.8) is 0 Å². The molecule has 50 heavy (non-hydrogen) atoms. The van der Waals surface area contributed by atoms with E-state index in [0.717, 1.165) is 27.8 Å². The Morgan fingerprint density at radius 3 is 1.54 bits per heavy atom. The van der Waals surface area contributed by atoms with Gasteiger partial charge in [0.25, 0.3) is 0 Å². The number of hydrogen-bond acceptors (Lipinski definition) is 4. The SMILES string of the molecule is Cc1cccc(-c2nc(-c3ccccc3)nc(-c3cccc(-c4cccc5c4sc4c(-c6ccccc6)cc(-c6ccccc6)cc45)c3)n2)c1. The molecule has 9 aromatic rings. The molecule has 0 aliphatic rings. The van der Waals surface area contributed by atoms with Gasteiger partial charge in [0.05, 0.1) is 0 Å². The zero-order valence-electron chi connectivity index (χ0n) is 27.4. The fourth-order valence-electron chi connectivity index (χ4n) is 6.72. The Bertz CT molecular complexity index is 2650. The van der Waals surface area contributed by atoms with E-state index >= 15 is 0 Å². The molecule has 3 nitrogen and oxygen atoms in total. The minimum atomic E-state index is 0.652. The molecule has 0 aliphatic carbocycles. The zero-order valence-corrected chi connectivity index (χ0v) is 28.2. The monoisotopic (exact) mass is 657 g/mol. The summed E-state index contributed by atoms with van der Waals surface area (Å²) in [7, 11) is 0. The van der Waals surface area contributed by atoms with Gasteiger partial charge in [0.1, 0.15) is 0 Å². The van der Waals surface area contributed by atoms with Crippen LogP contribution in [0.4, 0.5) is 0 Å². The molecule has 0 atom stereocenters. The maximum Gasteiger partial charge on any atom is 0.164 e. The van der Waals surface area contributed by atoms with Crippen LogP contribution >= 0.6 is 11.3 Å². The van der Waals surface area contributed by atoms with Crippen molar-refractivity contribution in [3.8, 4) is 67.5 Å². The number of rotatable bonds is 6. The second kappa shape index (κ2) is 12.7. The van der Waals surface area contributed by atoms with E-state index in [9.17, 15) is 0 Å². The maximum absolute atomic E-state index is 5.04. The molecule has 0 radical (unpaired) electrons. The van der Waals surface area contributed by atoms with Crippen molar-refractivity contribution >= 4 is 31.5 Å². The first-order valence-corrected chi connectivity index (χ1v) is 17.6. The quantitative estimate of drug-likeness (QED) is 0.179. The van der Waals surface area contributed by atoms with Crippen LogP contribution in [0.5, 0.6) is 0 Å². The smallest absolute Gasteiger partial charge is 0.164 e. The van der Waals surface area contributed by atoms with E-state index in [4.69, 9.17) is 15.0 Å². The predicted molar refractivity (Wildman–Crippen MR) is 210 cm³/mol. The molecule has 2 heterocycles. The summed E-state index contributed by atoms with van der Waals surface area (Å²) < 4.78 is 2.56. The van der Waals surface area contributed by atoms with E-state index in [0.29, 0.717) is 17.5 Å². The molecule has 0 saturated heterocycles. The first-order chi connectivity index (χ1) is 24.7. The Hall–Kier alpha value is -6.23. The molecular weight excluding hydrogens is 627 g/mol. The van der Waals surface area contributed by atoms with Gasteiger partial charge in [0, 0.05) is 42.4 Å².